The van der Waals surface area contributed by atoms with Crippen molar-refractivity contribution in [3.63, 3.8) is 0 Å². The molecular weight excluding hydrogens is 320 g/mol. The highest BCUT2D eigenvalue weighted by atomic mass is 79.9. The molecular formula is C15H15BrN2O2. The van der Waals surface area contributed by atoms with E-state index in [4.69, 9.17) is 10.6 Å². The van der Waals surface area contributed by atoms with Gasteiger partial charge in [0.2, 0.25) is 0 Å². The smallest absolute Gasteiger partial charge is 0.306 e. The molecule has 0 amide bonds. The number of quaternary nitrogens is 1. The third-order valence-corrected chi connectivity index (χ3v) is 3.21. The number of hydrogen-bond acceptors (Lipinski definition) is 3. The first kappa shape index (κ1) is 14.6. The number of nitrogens with two attached hydrogens (primary N) is 2. The first-order chi connectivity index (χ1) is 9.65. The molecule has 20 heavy (non-hydrogen) atoms. The van der Waals surface area contributed by atoms with Gasteiger partial charge < -0.3 is 5.73 Å². The Labute approximate surface area is 126 Å². The summed E-state index contributed by atoms with van der Waals surface area (Å²) in [5, 5.41) is 0. The zero-order valence-corrected chi connectivity index (χ0v) is 12.3. The van der Waals surface area contributed by atoms with Gasteiger partial charge in [0.25, 0.3) is 0 Å². The molecule has 2 aromatic rings. The minimum atomic E-state index is -0.337. The fourth-order valence-electron chi connectivity index (χ4n) is 1.64. The number of halogens is 1. The number of rotatable bonds is 5. The predicted octanol–water partition coefficient (Wildman–Crippen LogP) is 1.51. The Hall–Kier alpha value is -1.82. The Morgan fingerprint density at radius 2 is 1.80 bits per heavy atom. The molecule has 0 fully saturated rings. The summed E-state index contributed by atoms with van der Waals surface area (Å²) in [7, 11) is 0. The van der Waals surface area contributed by atoms with Crippen molar-refractivity contribution in [1.82, 2.24) is 0 Å². The molecule has 0 heterocycles. The van der Waals surface area contributed by atoms with Crippen molar-refractivity contribution in [2.24, 2.45) is 5.73 Å². The highest BCUT2D eigenvalue weighted by molar-refractivity contribution is 9.10. The van der Waals surface area contributed by atoms with Gasteiger partial charge in [-0.3, -0.25) is 4.84 Å². The first-order valence-corrected chi connectivity index (χ1v) is 6.89. The summed E-state index contributed by atoms with van der Waals surface area (Å²) < 4.78 is 0.968. The number of benzene rings is 2. The topological polar surface area (TPSA) is 68.9 Å². The van der Waals surface area contributed by atoms with Crippen LogP contribution in [0.25, 0.3) is 0 Å². The maximum Gasteiger partial charge on any atom is 0.370 e. The number of carbonyl (C=O) groups is 1. The Bertz CT molecular complexity index is 558. The van der Waals surface area contributed by atoms with Crippen molar-refractivity contribution in [1.29, 1.82) is 0 Å². The lowest BCUT2D eigenvalue weighted by atomic mass is 10.2. The van der Waals surface area contributed by atoms with E-state index in [2.05, 4.69) is 15.9 Å². The minimum absolute atomic E-state index is 0.227. The summed E-state index contributed by atoms with van der Waals surface area (Å²) in [6.45, 7) is 0. The summed E-state index contributed by atoms with van der Waals surface area (Å²) in [6, 6.07) is 16.9. The molecule has 4 nitrogen and oxygen atoms in total. The molecule has 0 spiro atoms. The van der Waals surface area contributed by atoms with Crippen LogP contribution < -0.4 is 11.2 Å². The predicted molar refractivity (Wildman–Crippen MR) is 78.8 cm³/mol. The van der Waals surface area contributed by atoms with Gasteiger partial charge in [0, 0.05) is 0 Å². The van der Waals surface area contributed by atoms with E-state index in [-0.39, 0.29) is 12.4 Å². The summed E-state index contributed by atoms with van der Waals surface area (Å²) in [4.78, 5) is 16.7. The molecule has 0 radical (unpaired) electrons. The third kappa shape index (κ3) is 4.38. The second kappa shape index (κ2) is 7.09. The van der Waals surface area contributed by atoms with E-state index in [0.29, 0.717) is 6.17 Å². The SMILES string of the molecule is N[C-]([NH2+]OC(=O)Cc1ccccc1)c1ccc(Br)cc1. The molecule has 0 bridgehead atoms. The van der Waals surface area contributed by atoms with Crippen molar-refractivity contribution in [3.8, 4) is 0 Å². The van der Waals surface area contributed by atoms with Crippen LogP contribution in [0.3, 0.4) is 0 Å². The standard InChI is InChI=1S/C15H15BrN2O2/c16-13-8-6-12(7-9-13)15(17)18-20-14(19)10-11-4-2-1-3-5-11/h1-9H,10,17-18H2. The van der Waals surface area contributed by atoms with Crippen LogP contribution in [0.2, 0.25) is 0 Å². The van der Waals surface area contributed by atoms with Gasteiger partial charge in [-0.1, -0.05) is 46.3 Å². The van der Waals surface area contributed by atoms with E-state index in [9.17, 15) is 4.79 Å². The van der Waals surface area contributed by atoms with Crippen LogP contribution >= 0.6 is 15.9 Å². The van der Waals surface area contributed by atoms with Gasteiger partial charge in [0.1, 0.15) is 6.17 Å². The fraction of sp³-hybridized carbons (Fsp3) is 0.0667. The van der Waals surface area contributed by atoms with Crippen molar-refractivity contribution in [2.45, 2.75) is 6.42 Å². The van der Waals surface area contributed by atoms with Crippen LogP contribution in [0.1, 0.15) is 11.1 Å². The lowest BCUT2D eigenvalue weighted by molar-refractivity contribution is -0.857. The lowest BCUT2D eigenvalue weighted by Gasteiger charge is -2.15. The normalized spacial score (nSPS) is 10.1. The van der Waals surface area contributed by atoms with Crippen LogP contribution in [-0.4, -0.2) is 5.97 Å². The highest BCUT2D eigenvalue weighted by Gasteiger charge is 2.09. The van der Waals surface area contributed by atoms with Crippen LogP contribution in [0, 0.1) is 6.17 Å². The maximum atomic E-state index is 11.7. The average Bonchev–Trinajstić information content (AvgIpc) is 2.46. The zero-order valence-electron chi connectivity index (χ0n) is 10.8. The monoisotopic (exact) mass is 334 g/mol. The van der Waals surface area contributed by atoms with Crippen molar-refractivity contribution < 1.29 is 15.1 Å². The van der Waals surface area contributed by atoms with E-state index in [1.54, 1.807) is 0 Å². The van der Waals surface area contributed by atoms with Gasteiger partial charge in [-0.05, 0) is 10.0 Å². The molecule has 0 aromatic heterocycles. The van der Waals surface area contributed by atoms with E-state index >= 15 is 0 Å². The molecule has 2 rings (SSSR count). The molecule has 0 unspecified atom stereocenters. The van der Waals surface area contributed by atoms with Crippen LogP contribution in [0.4, 0.5) is 0 Å². The quantitative estimate of drug-likeness (QED) is 0.643. The average molecular weight is 335 g/mol. The van der Waals surface area contributed by atoms with Gasteiger partial charge >= 0.3 is 5.97 Å². The van der Waals surface area contributed by atoms with E-state index in [0.717, 1.165) is 15.6 Å². The van der Waals surface area contributed by atoms with Crippen LogP contribution in [0.5, 0.6) is 0 Å². The molecule has 2 aromatic carbocycles. The Morgan fingerprint density at radius 3 is 2.45 bits per heavy atom. The zero-order chi connectivity index (χ0) is 14.4. The number of hydrogen-bond donors (Lipinski definition) is 2. The van der Waals surface area contributed by atoms with Gasteiger partial charge in [0.15, 0.2) is 0 Å². The first-order valence-electron chi connectivity index (χ1n) is 6.10. The van der Waals surface area contributed by atoms with Gasteiger partial charge in [-0.25, -0.2) is 4.79 Å². The van der Waals surface area contributed by atoms with Crippen LogP contribution in [-0.2, 0) is 16.1 Å². The van der Waals surface area contributed by atoms with E-state index < -0.39 is 0 Å². The van der Waals surface area contributed by atoms with Crippen LogP contribution in [0.15, 0.2) is 59.1 Å². The van der Waals surface area contributed by atoms with E-state index in [1.165, 1.54) is 5.48 Å². The molecule has 0 aliphatic rings. The highest BCUT2D eigenvalue weighted by Crippen LogP contribution is 2.11. The summed E-state index contributed by atoms with van der Waals surface area (Å²) in [5.74, 6) is -0.337. The molecule has 0 saturated heterocycles. The second-order valence-corrected chi connectivity index (χ2v) is 5.15. The van der Waals surface area contributed by atoms with Gasteiger partial charge in [-0.15, -0.1) is 17.7 Å². The largest absolute Gasteiger partial charge is 0.370 e. The minimum Gasteiger partial charge on any atom is -0.306 e. The second-order valence-electron chi connectivity index (χ2n) is 4.23. The third-order valence-electron chi connectivity index (χ3n) is 2.69. The van der Waals surface area contributed by atoms with Gasteiger partial charge in [-0.2, -0.15) is 17.6 Å². The molecule has 104 valence electrons. The fourth-order valence-corrected chi connectivity index (χ4v) is 1.91. The Morgan fingerprint density at radius 1 is 1.15 bits per heavy atom. The molecule has 4 N–H and O–H groups in total. The van der Waals surface area contributed by atoms with Crippen molar-refractivity contribution >= 4 is 21.9 Å². The Kier molecular flexibility index (Phi) is 5.17. The lowest BCUT2D eigenvalue weighted by Crippen LogP contribution is -2.88. The summed E-state index contributed by atoms with van der Waals surface area (Å²) >= 11 is 3.35. The van der Waals surface area contributed by atoms with E-state index in [1.807, 2.05) is 54.6 Å². The molecule has 0 saturated carbocycles. The van der Waals surface area contributed by atoms with Crippen molar-refractivity contribution in [2.75, 3.05) is 0 Å². The van der Waals surface area contributed by atoms with Crippen molar-refractivity contribution in [3.05, 3.63) is 76.4 Å². The van der Waals surface area contributed by atoms with Gasteiger partial charge in [0.05, 0.1) is 6.42 Å². The molecule has 0 atom stereocenters. The molecule has 0 aliphatic heterocycles. The Balaban J connectivity index is 1.82. The molecule has 5 heteroatoms. The number of hydroxylamine groups is 1. The number of carbonyl (C=O) groups excluding carboxylic acids is 1. The molecule has 0 aliphatic carbocycles. The summed E-state index contributed by atoms with van der Waals surface area (Å²) in [5.41, 5.74) is 8.86. The summed E-state index contributed by atoms with van der Waals surface area (Å²) in [6.07, 6.45) is 0.643. The maximum absolute atomic E-state index is 11.7.